The second-order valence-corrected chi connectivity index (χ2v) is 8.02. The number of carbonyl (C=O) groups is 1. The Kier molecular flexibility index (Phi) is 6.94. The van der Waals surface area contributed by atoms with Crippen molar-refractivity contribution in [3.05, 3.63) is 87.2 Å². The fourth-order valence-corrected chi connectivity index (χ4v) is 3.71. The fourth-order valence-electron chi connectivity index (χ4n) is 3.58. The predicted molar refractivity (Wildman–Crippen MR) is 127 cm³/mol. The van der Waals surface area contributed by atoms with Crippen molar-refractivity contribution in [2.45, 2.75) is 6.18 Å². The molecule has 0 aliphatic carbocycles. The molecule has 6 nitrogen and oxygen atoms in total. The molecule has 0 aliphatic rings. The Hall–Kier alpha value is -3.98. The van der Waals surface area contributed by atoms with E-state index in [2.05, 4.69) is 0 Å². The molecule has 0 radical (unpaired) electrons. The van der Waals surface area contributed by atoms with E-state index in [1.54, 1.807) is 12.1 Å². The molecule has 186 valence electrons. The molecular formula is C26H18ClF3O6. The van der Waals surface area contributed by atoms with E-state index >= 15 is 0 Å². The number of halogens is 4. The molecule has 1 heterocycles. The molecule has 0 saturated heterocycles. The topological polar surface area (TPSA) is 75.0 Å². The predicted octanol–water partition coefficient (Wildman–Crippen LogP) is 6.41. The number of methoxy groups -OCH3 is 2. The summed E-state index contributed by atoms with van der Waals surface area (Å²) in [6, 6.07) is 13.9. The van der Waals surface area contributed by atoms with Gasteiger partial charge in [0.25, 0.3) is 0 Å². The van der Waals surface area contributed by atoms with Crippen LogP contribution >= 0.6 is 11.6 Å². The molecule has 0 bridgehead atoms. The van der Waals surface area contributed by atoms with Crippen LogP contribution in [0.25, 0.3) is 22.1 Å². The molecule has 0 N–H and O–H groups in total. The Bertz CT molecular complexity index is 1490. The van der Waals surface area contributed by atoms with E-state index in [1.807, 2.05) is 0 Å². The molecule has 0 atom stereocenters. The highest BCUT2D eigenvalue weighted by Crippen LogP contribution is 2.40. The van der Waals surface area contributed by atoms with Gasteiger partial charge in [-0.15, -0.1) is 0 Å². The minimum absolute atomic E-state index is 0.0514. The number of hydrogen-bond donors (Lipinski definition) is 0. The minimum Gasteiger partial charge on any atom is -0.493 e. The third-order valence-electron chi connectivity index (χ3n) is 5.33. The second-order valence-electron chi connectivity index (χ2n) is 7.58. The molecule has 4 aromatic rings. The smallest absolute Gasteiger partial charge is 0.450 e. The Labute approximate surface area is 207 Å². The lowest BCUT2D eigenvalue weighted by Gasteiger charge is -2.15. The lowest BCUT2D eigenvalue weighted by molar-refractivity contribution is -0.152. The summed E-state index contributed by atoms with van der Waals surface area (Å²) in [7, 11) is 2.71. The second kappa shape index (κ2) is 9.94. The number of alkyl halides is 3. The maximum Gasteiger partial charge on any atom is 0.450 e. The van der Waals surface area contributed by atoms with E-state index in [0.717, 1.165) is 6.07 Å². The molecule has 0 unspecified atom stereocenters. The van der Waals surface area contributed by atoms with Crippen LogP contribution in [0, 0.1) is 0 Å². The number of hydrogen-bond acceptors (Lipinski definition) is 6. The SMILES string of the molecule is COc1ccc(-c2c(C(F)(F)F)oc3cc(OCC(=O)c4ccc(Cl)cc4)ccc3c2=O)cc1OC. The van der Waals surface area contributed by atoms with Gasteiger partial charge in [-0.3, -0.25) is 9.59 Å². The molecule has 1 aromatic heterocycles. The quantitative estimate of drug-likeness (QED) is 0.263. The van der Waals surface area contributed by atoms with Gasteiger partial charge in [-0.05, 0) is 54.1 Å². The number of Topliss-reactive ketones (excluding diaryl/α,β-unsaturated/α-hetero) is 1. The van der Waals surface area contributed by atoms with Crippen molar-refractivity contribution in [1.82, 2.24) is 0 Å². The first-order chi connectivity index (χ1) is 17.1. The molecule has 0 fully saturated rings. The van der Waals surface area contributed by atoms with E-state index < -0.39 is 22.9 Å². The largest absolute Gasteiger partial charge is 0.493 e. The molecule has 0 aliphatic heterocycles. The minimum atomic E-state index is -4.97. The van der Waals surface area contributed by atoms with Gasteiger partial charge in [0.05, 0.1) is 25.2 Å². The molecule has 3 aromatic carbocycles. The number of fused-ring (bicyclic) bond motifs is 1. The molecule has 10 heteroatoms. The zero-order chi connectivity index (χ0) is 26.0. The summed E-state index contributed by atoms with van der Waals surface area (Å²) in [6.45, 7) is -0.382. The van der Waals surface area contributed by atoms with E-state index in [1.165, 1.54) is 56.7 Å². The lowest BCUT2D eigenvalue weighted by atomic mass is 10.0. The Morgan fingerprint density at radius 1 is 0.944 bits per heavy atom. The molecule has 36 heavy (non-hydrogen) atoms. The van der Waals surface area contributed by atoms with Gasteiger partial charge in [0.2, 0.25) is 11.2 Å². The first-order valence-electron chi connectivity index (χ1n) is 10.4. The maximum absolute atomic E-state index is 14.0. The van der Waals surface area contributed by atoms with Gasteiger partial charge in [-0.2, -0.15) is 13.2 Å². The van der Waals surface area contributed by atoms with Crippen LogP contribution in [0.3, 0.4) is 0 Å². The van der Waals surface area contributed by atoms with E-state index in [9.17, 15) is 22.8 Å². The summed E-state index contributed by atoms with van der Waals surface area (Å²) in [5, 5.41) is 0.370. The van der Waals surface area contributed by atoms with Crippen LogP contribution in [-0.4, -0.2) is 26.6 Å². The molecule has 4 rings (SSSR count). The Morgan fingerprint density at radius 3 is 2.28 bits per heavy atom. The van der Waals surface area contributed by atoms with Crippen LogP contribution in [0.2, 0.25) is 5.02 Å². The Morgan fingerprint density at radius 2 is 1.64 bits per heavy atom. The highest BCUT2D eigenvalue weighted by atomic mass is 35.5. The first kappa shape index (κ1) is 25.1. The van der Waals surface area contributed by atoms with Crippen molar-refractivity contribution in [2.75, 3.05) is 20.8 Å². The average Bonchev–Trinajstić information content (AvgIpc) is 2.86. The monoisotopic (exact) mass is 518 g/mol. The van der Waals surface area contributed by atoms with E-state index in [-0.39, 0.29) is 46.2 Å². The third kappa shape index (κ3) is 5.01. The van der Waals surface area contributed by atoms with Crippen molar-refractivity contribution in [1.29, 1.82) is 0 Å². The molecule has 0 amide bonds. The zero-order valence-corrected chi connectivity index (χ0v) is 19.7. The fraction of sp³-hybridized carbons (Fsp3) is 0.154. The summed E-state index contributed by atoms with van der Waals surface area (Å²) >= 11 is 5.81. The standard InChI is InChI=1S/C26H18ClF3O6/c1-33-20-10-5-15(11-22(20)34-2)23-24(32)18-9-8-17(12-21(18)36-25(23)26(28,29)30)35-13-19(31)14-3-6-16(27)7-4-14/h3-12H,13H2,1-2H3. The molecule has 0 saturated carbocycles. The summed E-state index contributed by atoms with van der Waals surface area (Å²) in [5.74, 6) is -1.35. The summed E-state index contributed by atoms with van der Waals surface area (Å²) in [5.41, 5.74) is -1.59. The van der Waals surface area contributed by atoms with Gasteiger partial charge in [0.15, 0.2) is 23.9 Å². The van der Waals surface area contributed by atoms with Gasteiger partial charge in [-0.1, -0.05) is 17.7 Å². The number of benzene rings is 3. The van der Waals surface area contributed by atoms with Gasteiger partial charge >= 0.3 is 6.18 Å². The maximum atomic E-state index is 14.0. The van der Waals surface area contributed by atoms with Crippen molar-refractivity contribution in [3.63, 3.8) is 0 Å². The zero-order valence-electron chi connectivity index (χ0n) is 18.9. The van der Waals surface area contributed by atoms with Crippen molar-refractivity contribution < 1.29 is 36.6 Å². The van der Waals surface area contributed by atoms with Crippen LogP contribution in [0.1, 0.15) is 16.1 Å². The first-order valence-corrected chi connectivity index (χ1v) is 10.8. The highest BCUT2D eigenvalue weighted by Gasteiger charge is 2.39. The highest BCUT2D eigenvalue weighted by molar-refractivity contribution is 6.30. The number of ether oxygens (including phenoxy) is 3. The molecular weight excluding hydrogens is 501 g/mol. The average molecular weight is 519 g/mol. The van der Waals surface area contributed by atoms with Gasteiger partial charge < -0.3 is 18.6 Å². The van der Waals surface area contributed by atoms with E-state index in [0.29, 0.717) is 10.6 Å². The van der Waals surface area contributed by atoms with E-state index in [4.69, 9.17) is 30.2 Å². The normalized spacial score (nSPS) is 11.4. The van der Waals surface area contributed by atoms with Crippen LogP contribution < -0.4 is 19.6 Å². The van der Waals surface area contributed by atoms with Crippen molar-refractivity contribution >= 4 is 28.4 Å². The van der Waals surface area contributed by atoms with Crippen molar-refractivity contribution in [3.8, 4) is 28.4 Å². The van der Waals surface area contributed by atoms with Gasteiger partial charge in [0.1, 0.15) is 11.3 Å². The van der Waals surface area contributed by atoms with Crippen LogP contribution in [0.4, 0.5) is 13.2 Å². The van der Waals surface area contributed by atoms with Crippen molar-refractivity contribution in [2.24, 2.45) is 0 Å². The number of rotatable bonds is 7. The summed E-state index contributed by atoms with van der Waals surface area (Å²) in [4.78, 5) is 25.5. The van der Waals surface area contributed by atoms with Crippen LogP contribution in [-0.2, 0) is 6.18 Å². The third-order valence-corrected chi connectivity index (χ3v) is 5.58. The van der Waals surface area contributed by atoms with Gasteiger partial charge in [-0.25, -0.2) is 0 Å². The summed E-state index contributed by atoms with van der Waals surface area (Å²) < 4.78 is 62.8. The number of carbonyl (C=O) groups excluding carboxylic acids is 1. The van der Waals surface area contributed by atoms with Crippen LogP contribution in [0.15, 0.2) is 69.9 Å². The van der Waals surface area contributed by atoms with Gasteiger partial charge in [0, 0.05) is 16.7 Å². The molecule has 0 spiro atoms. The van der Waals surface area contributed by atoms with Crippen LogP contribution in [0.5, 0.6) is 17.2 Å². The summed E-state index contributed by atoms with van der Waals surface area (Å²) in [6.07, 6.45) is -4.97. The number of ketones is 1. The Balaban J connectivity index is 1.74. The lowest BCUT2D eigenvalue weighted by Crippen LogP contribution is -2.16.